The van der Waals surface area contributed by atoms with Crippen LogP contribution in [0.15, 0.2) is 9.59 Å². The molecule has 0 heterocycles. The van der Waals surface area contributed by atoms with Gasteiger partial charge in [-0.25, -0.2) is 0 Å². The summed E-state index contributed by atoms with van der Waals surface area (Å²) < 4.78 is 5.38. The molecule has 9 heteroatoms. The van der Waals surface area contributed by atoms with E-state index in [0.29, 0.717) is 30.9 Å². The van der Waals surface area contributed by atoms with E-state index in [-0.39, 0.29) is 12.4 Å². The second kappa shape index (κ2) is 25.1. The van der Waals surface area contributed by atoms with Crippen molar-refractivity contribution in [2.24, 2.45) is 0 Å². The highest BCUT2D eigenvalue weighted by Gasteiger charge is 2.18. The molecular formula is C33H59N3O6. The zero-order chi connectivity index (χ0) is 30.8. The highest BCUT2D eigenvalue weighted by molar-refractivity contribution is 5.73. The van der Waals surface area contributed by atoms with Crippen molar-refractivity contribution in [2.75, 3.05) is 50.5 Å². The van der Waals surface area contributed by atoms with Gasteiger partial charge in [0.1, 0.15) is 11.4 Å². The average molecular weight is 594 g/mol. The SMILES string of the molecule is CCCCCCCCCOC(=O)CCCCCCCN(CCCCCCCC(=O)O)CCCNc1c(NC)c(=O)c1=O. The number of hydrogen-bond donors (Lipinski definition) is 3. The molecule has 0 amide bonds. The van der Waals surface area contributed by atoms with Crippen LogP contribution < -0.4 is 21.5 Å². The first-order chi connectivity index (χ1) is 20.4. The molecule has 0 bridgehead atoms. The molecule has 0 aliphatic heterocycles. The summed E-state index contributed by atoms with van der Waals surface area (Å²) in [6, 6.07) is 0. The second-order valence-electron chi connectivity index (χ2n) is 11.6. The zero-order valence-corrected chi connectivity index (χ0v) is 26.6. The summed E-state index contributed by atoms with van der Waals surface area (Å²) >= 11 is 0. The molecule has 42 heavy (non-hydrogen) atoms. The second-order valence-corrected chi connectivity index (χ2v) is 11.6. The Kier molecular flexibility index (Phi) is 22.5. The Hall–Kier alpha value is -2.42. The topological polar surface area (TPSA) is 125 Å². The number of carbonyl (C=O) groups excluding carboxylic acids is 1. The Morgan fingerprint density at radius 1 is 0.667 bits per heavy atom. The van der Waals surface area contributed by atoms with Crippen LogP contribution in [0.2, 0.25) is 0 Å². The fraction of sp³-hybridized carbons (Fsp3) is 0.818. The zero-order valence-electron chi connectivity index (χ0n) is 26.6. The van der Waals surface area contributed by atoms with Crippen molar-refractivity contribution in [3.63, 3.8) is 0 Å². The molecule has 0 atom stereocenters. The number of esters is 1. The van der Waals surface area contributed by atoms with Crippen LogP contribution in [-0.4, -0.2) is 61.8 Å². The van der Waals surface area contributed by atoms with Crippen LogP contribution in [0.5, 0.6) is 0 Å². The van der Waals surface area contributed by atoms with Gasteiger partial charge in [-0.2, -0.15) is 0 Å². The molecule has 1 aromatic rings. The summed E-state index contributed by atoms with van der Waals surface area (Å²) in [6.45, 7) is 6.36. The number of aliphatic carboxylic acids is 1. The molecule has 0 aliphatic carbocycles. The number of carboxylic acids is 1. The van der Waals surface area contributed by atoms with E-state index in [1.165, 1.54) is 32.1 Å². The summed E-state index contributed by atoms with van der Waals surface area (Å²) in [4.78, 5) is 48.4. The van der Waals surface area contributed by atoms with E-state index >= 15 is 0 Å². The summed E-state index contributed by atoms with van der Waals surface area (Å²) in [6.07, 6.45) is 20.4. The smallest absolute Gasteiger partial charge is 0.305 e. The van der Waals surface area contributed by atoms with Gasteiger partial charge >= 0.3 is 11.9 Å². The fourth-order valence-electron chi connectivity index (χ4n) is 5.24. The minimum absolute atomic E-state index is 0.0608. The molecule has 0 saturated carbocycles. The third-order valence-corrected chi connectivity index (χ3v) is 7.84. The molecule has 0 radical (unpaired) electrons. The maximum atomic E-state index is 12.0. The van der Waals surface area contributed by atoms with E-state index in [1.54, 1.807) is 7.05 Å². The van der Waals surface area contributed by atoms with Gasteiger partial charge < -0.3 is 25.4 Å². The van der Waals surface area contributed by atoms with Crippen LogP contribution in [0.3, 0.4) is 0 Å². The van der Waals surface area contributed by atoms with Crippen molar-refractivity contribution in [2.45, 2.75) is 135 Å². The first kappa shape index (κ1) is 37.6. The van der Waals surface area contributed by atoms with E-state index < -0.39 is 16.8 Å². The van der Waals surface area contributed by atoms with Gasteiger partial charge in [-0.3, -0.25) is 19.2 Å². The number of rotatable bonds is 30. The molecule has 1 aromatic carbocycles. The summed E-state index contributed by atoms with van der Waals surface area (Å²) in [5, 5.41) is 14.7. The molecule has 0 fully saturated rings. The Labute approximate surface area is 253 Å². The fourth-order valence-corrected chi connectivity index (χ4v) is 5.24. The van der Waals surface area contributed by atoms with Gasteiger partial charge in [0.2, 0.25) is 0 Å². The third kappa shape index (κ3) is 18.2. The molecule has 0 spiro atoms. The molecule has 0 unspecified atom stereocenters. The maximum absolute atomic E-state index is 12.0. The highest BCUT2D eigenvalue weighted by atomic mass is 16.5. The molecule has 3 N–H and O–H groups in total. The average Bonchev–Trinajstić information content (AvgIpc) is 2.97. The molecule has 0 saturated heterocycles. The lowest BCUT2D eigenvalue weighted by atomic mass is 10.1. The van der Waals surface area contributed by atoms with Crippen LogP contribution in [0.25, 0.3) is 0 Å². The largest absolute Gasteiger partial charge is 0.481 e. The Morgan fingerprint density at radius 3 is 1.76 bits per heavy atom. The molecule has 242 valence electrons. The Bertz CT molecular complexity index is 912. The van der Waals surface area contributed by atoms with Crippen molar-refractivity contribution >= 4 is 23.3 Å². The Balaban J connectivity index is 2.19. The van der Waals surface area contributed by atoms with Crippen molar-refractivity contribution < 1.29 is 19.4 Å². The molecular weight excluding hydrogens is 534 g/mol. The lowest BCUT2D eigenvalue weighted by Gasteiger charge is -2.23. The van der Waals surface area contributed by atoms with Gasteiger partial charge in [0.15, 0.2) is 0 Å². The first-order valence-electron chi connectivity index (χ1n) is 16.7. The van der Waals surface area contributed by atoms with E-state index in [4.69, 9.17) is 9.84 Å². The minimum Gasteiger partial charge on any atom is -0.481 e. The van der Waals surface area contributed by atoms with Crippen molar-refractivity contribution in [1.82, 2.24) is 4.90 Å². The summed E-state index contributed by atoms with van der Waals surface area (Å²) in [5.41, 5.74) is -0.121. The normalized spacial score (nSPS) is 11.3. The standard InChI is InChI=1S/C33H59N3O6/c1-3-4-5-6-7-14-19-27-42-29(39)22-16-11-9-13-18-25-36(24-17-12-8-10-15-21-28(37)38)26-20-23-35-31-30(34-2)32(40)33(31)41/h34-35H,3-27H2,1-2H3,(H,37,38). The van der Waals surface area contributed by atoms with E-state index in [9.17, 15) is 19.2 Å². The lowest BCUT2D eigenvalue weighted by molar-refractivity contribution is -0.144. The van der Waals surface area contributed by atoms with Gasteiger partial charge in [-0.15, -0.1) is 0 Å². The van der Waals surface area contributed by atoms with Crippen LogP contribution in [-0.2, 0) is 14.3 Å². The minimum atomic E-state index is -0.723. The van der Waals surface area contributed by atoms with Gasteiger partial charge in [0.05, 0.1) is 6.61 Å². The third-order valence-electron chi connectivity index (χ3n) is 7.84. The molecule has 1 rings (SSSR count). The first-order valence-corrected chi connectivity index (χ1v) is 16.7. The van der Waals surface area contributed by atoms with Crippen molar-refractivity contribution in [1.29, 1.82) is 0 Å². The van der Waals surface area contributed by atoms with E-state index in [1.807, 2.05) is 0 Å². The summed E-state index contributed by atoms with van der Waals surface area (Å²) in [5.74, 6) is -0.784. The van der Waals surface area contributed by atoms with Crippen LogP contribution in [0.4, 0.5) is 11.4 Å². The number of carbonyl (C=O) groups is 2. The quantitative estimate of drug-likeness (QED) is 0.0521. The van der Waals surface area contributed by atoms with Crippen LogP contribution in [0, 0.1) is 0 Å². The monoisotopic (exact) mass is 593 g/mol. The van der Waals surface area contributed by atoms with Crippen molar-refractivity contribution in [3.8, 4) is 0 Å². The number of nitrogens with zero attached hydrogens (tertiary/aromatic N) is 1. The lowest BCUT2D eigenvalue weighted by Crippen LogP contribution is -2.37. The van der Waals surface area contributed by atoms with Gasteiger partial charge in [0, 0.05) is 26.4 Å². The number of hydrogen-bond acceptors (Lipinski definition) is 8. The van der Waals surface area contributed by atoms with Gasteiger partial charge in [0.25, 0.3) is 10.9 Å². The molecule has 0 aliphatic rings. The van der Waals surface area contributed by atoms with E-state index in [2.05, 4.69) is 22.5 Å². The number of unbranched alkanes of at least 4 members (excludes halogenated alkanes) is 14. The predicted molar refractivity (Wildman–Crippen MR) is 172 cm³/mol. The Morgan fingerprint density at radius 2 is 1.17 bits per heavy atom. The molecule has 9 nitrogen and oxygen atoms in total. The number of nitrogens with one attached hydrogen (secondary N) is 2. The number of carboxylic acid groups (broad SMARTS) is 1. The maximum Gasteiger partial charge on any atom is 0.305 e. The number of anilines is 2. The number of ether oxygens (including phenoxy) is 1. The summed E-state index contributed by atoms with van der Waals surface area (Å²) in [7, 11) is 1.65. The highest BCUT2D eigenvalue weighted by Crippen LogP contribution is 2.14. The van der Waals surface area contributed by atoms with Crippen LogP contribution in [0.1, 0.15) is 135 Å². The van der Waals surface area contributed by atoms with Gasteiger partial charge in [-0.05, 0) is 58.2 Å². The van der Waals surface area contributed by atoms with Crippen molar-refractivity contribution in [3.05, 3.63) is 20.4 Å². The molecule has 0 aromatic heterocycles. The predicted octanol–water partition coefficient (Wildman–Crippen LogP) is 6.49. The van der Waals surface area contributed by atoms with Gasteiger partial charge in [-0.1, -0.05) is 84.0 Å². The van der Waals surface area contributed by atoms with Crippen LogP contribution >= 0.6 is 0 Å². The van der Waals surface area contributed by atoms with E-state index in [0.717, 1.165) is 103 Å².